The molecule has 0 radical (unpaired) electrons. The number of nitrogens with zero attached hydrogens (tertiary/aromatic N) is 1. The Morgan fingerprint density at radius 2 is 1.67 bits per heavy atom. The van der Waals surface area contributed by atoms with E-state index in [0.29, 0.717) is 6.42 Å². The zero-order valence-electron chi connectivity index (χ0n) is 15.8. The van der Waals surface area contributed by atoms with E-state index < -0.39 is 0 Å². The molecule has 0 saturated carbocycles. The van der Waals surface area contributed by atoms with Gasteiger partial charge in [-0.05, 0) is 64.6 Å². The van der Waals surface area contributed by atoms with E-state index in [1.165, 1.54) is 58.0 Å². The van der Waals surface area contributed by atoms with Crippen molar-refractivity contribution in [1.82, 2.24) is 4.90 Å². The van der Waals surface area contributed by atoms with Crippen LogP contribution in [0.1, 0.15) is 90.4 Å². The van der Waals surface area contributed by atoms with Crippen LogP contribution in [0.2, 0.25) is 0 Å². The third-order valence-corrected chi connectivity index (χ3v) is 4.92. The molecule has 0 aliphatic carbocycles. The van der Waals surface area contributed by atoms with Crippen molar-refractivity contribution in [2.45, 2.75) is 96.5 Å². The topological polar surface area (TPSA) is 49.8 Å². The Balaban J connectivity index is 2.13. The van der Waals surface area contributed by atoms with E-state index in [4.69, 9.17) is 9.84 Å². The number of aliphatic hydroxyl groups is 1. The highest BCUT2D eigenvalue weighted by molar-refractivity contribution is 5.69. The minimum absolute atomic E-state index is 0.00242. The van der Waals surface area contributed by atoms with Crippen LogP contribution in [0.5, 0.6) is 0 Å². The molecule has 1 atom stereocenters. The van der Waals surface area contributed by atoms with Gasteiger partial charge in [0.2, 0.25) is 0 Å². The summed E-state index contributed by atoms with van der Waals surface area (Å²) in [6, 6.07) is 0. The molecule has 0 aromatic rings. The van der Waals surface area contributed by atoms with Crippen LogP contribution in [0.15, 0.2) is 0 Å². The Bertz CT molecular complexity index is 303. The van der Waals surface area contributed by atoms with E-state index in [1.54, 1.807) is 0 Å². The number of hydrogen-bond donors (Lipinski definition) is 1. The summed E-state index contributed by atoms with van der Waals surface area (Å²) in [5, 5.41) is 9.03. The van der Waals surface area contributed by atoms with Gasteiger partial charge >= 0.3 is 5.97 Å². The summed E-state index contributed by atoms with van der Waals surface area (Å²) in [5.41, 5.74) is 0. The second kappa shape index (κ2) is 14.7. The summed E-state index contributed by atoms with van der Waals surface area (Å²) >= 11 is 0. The van der Waals surface area contributed by atoms with Gasteiger partial charge in [-0.25, -0.2) is 0 Å². The molecule has 4 nitrogen and oxygen atoms in total. The molecular weight excluding hydrogens is 302 g/mol. The molecule has 0 amide bonds. The number of esters is 1. The largest absolute Gasteiger partial charge is 0.462 e. The Labute approximate surface area is 148 Å². The molecule has 1 rings (SSSR count). The van der Waals surface area contributed by atoms with Crippen molar-refractivity contribution < 1.29 is 14.6 Å². The van der Waals surface area contributed by atoms with Gasteiger partial charge < -0.3 is 14.7 Å². The molecule has 1 heterocycles. The first-order chi connectivity index (χ1) is 11.8. The molecule has 0 aromatic carbocycles. The van der Waals surface area contributed by atoms with Crippen molar-refractivity contribution in [2.24, 2.45) is 0 Å². The highest BCUT2D eigenvalue weighted by atomic mass is 16.5. The summed E-state index contributed by atoms with van der Waals surface area (Å²) < 4.78 is 5.68. The van der Waals surface area contributed by atoms with Gasteiger partial charge in [0.1, 0.15) is 6.10 Å². The number of likely N-dealkylation sites (tertiary alicyclic amines) is 1. The average molecular weight is 342 g/mol. The van der Waals surface area contributed by atoms with Crippen LogP contribution in [-0.2, 0) is 9.53 Å². The van der Waals surface area contributed by atoms with Crippen LogP contribution in [-0.4, -0.2) is 48.3 Å². The SMILES string of the molecule is CCCCCCCCC(CCCO)OC(=O)CCCN1CCCC1. The Morgan fingerprint density at radius 3 is 2.38 bits per heavy atom. The molecule has 0 spiro atoms. The number of carbonyl (C=O) groups is 1. The van der Waals surface area contributed by atoms with Gasteiger partial charge in [-0.15, -0.1) is 0 Å². The lowest BCUT2D eigenvalue weighted by Gasteiger charge is -2.18. The third-order valence-electron chi connectivity index (χ3n) is 4.92. The lowest BCUT2D eigenvalue weighted by Crippen LogP contribution is -2.23. The second-order valence-corrected chi connectivity index (χ2v) is 7.19. The maximum atomic E-state index is 12.1. The second-order valence-electron chi connectivity index (χ2n) is 7.19. The van der Waals surface area contributed by atoms with Crippen LogP contribution >= 0.6 is 0 Å². The van der Waals surface area contributed by atoms with Gasteiger partial charge in [0, 0.05) is 13.0 Å². The monoisotopic (exact) mass is 341 g/mol. The maximum Gasteiger partial charge on any atom is 0.306 e. The number of ether oxygens (including phenoxy) is 1. The van der Waals surface area contributed by atoms with Gasteiger partial charge in [-0.3, -0.25) is 4.79 Å². The molecule has 1 aliphatic heterocycles. The van der Waals surface area contributed by atoms with E-state index in [1.807, 2.05) is 0 Å². The normalized spacial score (nSPS) is 16.4. The highest BCUT2D eigenvalue weighted by Gasteiger charge is 2.15. The highest BCUT2D eigenvalue weighted by Crippen LogP contribution is 2.15. The van der Waals surface area contributed by atoms with Crippen LogP contribution in [0.25, 0.3) is 0 Å². The first kappa shape index (κ1) is 21.4. The molecule has 0 aromatic heterocycles. The summed E-state index contributed by atoms with van der Waals surface area (Å²) in [6.45, 7) is 5.81. The molecule has 0 bridgehead atoms. The van der Waals surface area contributed by atoms with Crippen LogP contribution in [0.3, 0.4) is 0 Å². The van der Waals surface area contributed by atoms with Crippen LogP contribution in [0.4, 0.5) is 0 Å². The zero-order chi connectivity index (χ0) is 17.5. The fourth-order valence-corrected chi connectivity index (χ4v) is 3.43. The lowest BCUT2D eigenvalue weighted by molar-refractivity contribution is -0.150. The van der Waals surface area contributed by atoms with Crippen LogP contribution < -0.4 is 0 Å². The summed E-state index contributed by atoms with van der Waals surface area (Å²) in [5.74, 6) is -0.0527. The van der Waals surface area contributed by atoms with Gasteiger partial charge in [0.25, 0.3) is 0 Å². The quantitative estimate of drug-likeness (QED) is 0.356. The number of rotatable bonds is 15. The standard InChI is InChI=1S/C20H39NO3/c1-2-3-4-5-6-7-12-19(13-11-18-22)24-20(23)14-10-17-21-15-8-9-16-21/h19,22H,2-18H2,1H3. The van der Waals surface area contributed by atoms with E-state index in [9.17, 15) is 4.79 Å². The number of unbranched alkanes of at least 4 members (excludes halogenated alkanes) is 5. The molecule has 1 N–H and O–H groups in total. The molecule has 1 aliphatic rings. The first-order valence-corrected chi connectivity index (χ1v) is 10.3. The zero-order valence-corrected chi connectivity index (χ0v) is 15.8. The fraction of sp³-hybridized carbons (Fsp3) is 0.950. The number of aliphatic hydroxyl groups excluding tert-OH is 1. The van der Waals surface area contributed by atoms with Crippen LogP contribution in [0, 0.1) is 0 Å². The van der Waals surface area contributed by atoms with Crippen molar-refractivity contribution in [3.05, 3.63) is 0 Å². The van der Waals surface area contributed by atoms with Gasteiger partial charge in [0.05, 0.1) is 0 Å². The van der Waals surface area contributed by atoms with E-state index in [-0.39, 0.29) is 18.7 Å². The minimum Gasteiger partial charge on any atom is -0.462 e. The first-order valence-electron chi connectivity index (χ1n) is 10.3. The molecular formula is C20H39NO3. The number of carbonyl (C=O) groups excluding carboxylic acids is 1. The van der Waals surface area contributed by atoms with Gasteiger partial charge in [-0.2, -0.15) is 0 Å². The molecule has 1 fully saturated rings. The Morgan fingerprint density at radius 1 is 1.00 bits per heavy atom. The summed E-state index contributed by atoms with van der Waals surface area (Å²) in [6.07, 6.45) is 14.0. The molecule has 4 heteroatoms. The van der Waals surface area contributed by atoms with Crippen molar-refractivity contribution in [3.8, 4) is 0 Å². The smallest absolute Gasteiger partial charge is 0.306 e. The summed E-state index contributed by atoms with van der Waals surface area (Å²) in [4.78, 5) is 14.5. The molecule has 1 unspecified atom stereocenters. The molecule has 24 heavy (non-hydrogen) atoms. The predicted molar refractivity (Wildman–Crippen MR) is 99.1 cm³/mol. The molecule has 142 valence electrons. The van der Waals surface area contributed by atoms with Crippen molar-refractivity contribution >= 4 is 5.97 Å². The van der Waals surface area contributed by atoms with Crippen molar-refractivity contribution in [2.75, 3.05) is 26.2 Å². The lowest BCUT2D eigenvalue weighted by atomic mass is 10.0. The van der Waals surface area contributed by atoms with Crippen molar-refractivity contribution in [1.29, 1.82) is 0 Å². The number of hydrogen-bond acceptors (Lipinski definition) is 4. The average Bonchev–Trinajstić information content (AvgIpc) is 3.09. The fourth-order valence-electron chi connectivity index (χ4n) is 3.43. The third kappa shape index (κ3) is 11.0. The van der Waals surface area contributed by atoms with Crippen molar-refractivity contribution in [3.63, 3.8) is 0 Å². The Hall–Kier alpha value is -0.610. The molecule has 1 saturated heterocycles. The van der Waals surface area contributed by atoms with E-state index in [0.717, 1.165) is 38.6 Å². The predicted octanol–water partition coefficient (Wildman–Crippen LogP) is 4.30. The van der Waals surface area contributed by atoms with Gasteiger partial charge in [0.15, 0.2) is 0 Å². The van der Waals surface area contributed by atoms with E-state index in [2.05, 4.69) is 11.8 Å². The summed E-state index contributed by atoms with van der Waals surface area (Å²) in [7, 11) is 0. The van der Waals surface area contributed by atoms with E-state index >= 15 is 0 Å². The maximum absolute atomic E-state index is 12.1. The van der Waals surface area contributed by atoms with Gasteiger partial charge in [-0.1, -0.05) is 39.0 Å². The minimum atomic E-state index is -0.0527. The Kier molecular flexibility index (Phi) is 13.1.